The van der Waals surface area contributed by atoms with Crippen LogP contribution in [-0.4, -0.2) is 49.1 Å². The van der Waals surface area contributed by atoms with Crippen LogP contribution in [-0.2, 0) is 4.79 Å². The zero-order valence-electron chi connectivity index (χ0n) is 7.59. The molecule has 0 atom stereocenters. The van der Waals surface area contributed by atoms with Crippen LogP contribution in [0.5, 0.6) is 0 Å². The summed E-state index contributed by atoms with van der Waals surface area (Å²) in [5, 5.41) is 8.03. The Kier molecular flexibility index (Phi) is 8.06. The smallest absolute Gasteiger partial charge is 0.218 e. The van der Waals surface area contributed by atoms with Gasteiger partial charge in [-0.3, -0.25) is 4.79 Å². The van der Waals surface area contributed by atoms with Crippen molar-refractivity contribution in [2.24, 2.45) is 0 Å². The molecule has 0 spiro atoms. The van der Waals surface area contributed by atoms with Gasteiger partial charge in [0.05, 0.1) is 27.7 Å². The predicted octanol–water partition coefficient (Wildman–Crippen LogP) is 0.457. The van der Waals surface area contributed by atoms with Gasteiger partial charge in [0.15, 0.2) is 0 Å². The van der Waals surface area contributed by atoms with E-state index < -0.39 is 0 Å². The van der Waals surface area contributed by atoms with E-state index in [1.54, 1.807) is 0 Å². The first-order chi connectivity index (χ1) is 4.79. The van der Waals surface area contributed by atoms with Gasteiger partial charge in [0.2, 0.25) is 5.24 Å². The Morgan fingerprint density at radius 3 is 1.73 bits per heavy atom. The van der Waals surface area contributed by atoms with Gasteiger partial charge in [0, 0.05) is 6.92 Å². The average Bonchev–Trinajstić information content (AvgIpc) is 1.58. The minimum absolute atomic E-state index is 0.281. The number of carbonyl (C=O) groups excluding carboxylic acids is 1. The van der Waals surface area contributed by atoms with E-state index in [0.717, 1.165) is 11.0 Å². The number of rotatable bonds is 2. The zero-order valence-corrected chi connectivity index (χ0v) is 8.35. The quantitative estimate of drug-likeness (QED) is 0.498. The highest BCUT2D eigenvalue weighted by molar-refractivity contribution is 6.62. The van der Waals surface area contributed by atoms with Crippen molar-refractivity contribution in [3.8, 4) is 0 Å². The van der Waals surface area contributed by atoms with Crippen LogP contribution in [0, 0.1) is 0 Å². The molecule has 0 fully saturated rings. The second-order valence-corrected chi connectivity index (χ2v) is 3.74. The summed E-state index contributed by atoms with van der Waals surface area (Å²) in [6.07, 6.45) is 0. The number of carbonyl (C=O) groups is 1. The second kappa shape index (κ2) is 6.58. The van der Waals surface area contributed by atoms with Crippen molar-refractivity contribution >= 4 is 16.8 Å². The summed E-state index contributed by atoms with van der Waals surface area (Å²) >= 11 is 4.64. The van der Waals surface area contributed by atoms with Crippen molar-refractivity contribution in [1.82, 2.24) is 0 Å². The number of hydrogen-bond donors (Lipinski definition) is 1. The summed E-state index contributed by atoms with van der Waals surface area (Å²) in [6.45, 7) is 2.41. The highest BCUT2D eigenvalue weighted by Crippen LogP contribution is 1.84. The molecule has 11 heavy (non-hydrogen) atoms. The summed E-state index contributed by atoms with van der Waals surface area (Å²) in [7, 11) is 6.16. The third kappa shape index (κ3) is 40.8. The van der Waals surface area contributed by atoms with Crippen molar-refractivity contribution in [3.63, 3.8) is 0 Å². The molecule has 0 radical (unpaired) electrons. The lowest BCUT2D eigenvalue weighted by Gasteiger charge is -2.21. The minimum Gasteiger partial charge on any atom is -0.391 e. The van der Waals surface area contributed by atoms with Crippen LogP contribution >= 0.6 is 11.6 Å². The lowest BCUT2D eigenvalue weighted by Crippen LogP contribution is -2.36. The molecule has 3 nitrogen and oxygen atoms in total. The van der Waals surface area contributed by atoms with Gasteiger partial charge in [-0.2, -0.15) is 0 Å². The van der Waals surface area contributed by atoms with Gasteiger partial charge in [-0.15, -0.1) is 0 Å². The molecule has 0 aromatic rings. The van der Waals surface area contributed by atoms with Gasteiger partial charge in [-0.25, -0.2) is 0 Å². The molecule has 0 saturated carbocycles. The Bertz CT molecular complexity index is 105. The van der Waals surface area contributed by atoms with Gasteiger partial charge in [0.25, 0.3) is 0 Å². The maximum absolute atomic E-state index is 9.21. The van der Waals surface area contributed by atoms with Gasteiger partial charge in [-0.1, -0.05) is 0 Å². The third-order valence-corrected chi connectivity index (χ3v) is 0.771. The SMILES string of the molecule is CC(=O)Cl.C[N+](C)(C)CCO. The second-order valence-electron chi connectivity index (χ2n) is 3.21. The number of halogens is 1. The Hall–Kier alpha value is -0.120. The van der Waals surface area contributed by atoms with Gasteiger partial charge < -0.3 is 9.59 Å². The molecule has 4 heteroatoms. The fourth-order valence-electron chi connectivity index (χ4n) is 0.300. The molecule has 0 aromatic carbocycles. The number of hydrogen-bond acceptors (Lipinski definition) is 2. The largest absolute Gasteiger partial charge is 0.391 e. The monoisotopic (exact) mass is 182 g/mol. The van der Waals surface area contributed by atoms with Crippen LogP contribution < -0.4 is 0 Å². The number of aliphatic hydroxyl groups excluding tert-OH is 1. The first-order valence-electron chi connectivity index (χ1n) is 3.37. The summed E-state index contributed by atoms with van der Waals surface area (Å²) in [5.74, 6) is 0. The number of aliphatic hydroxyl groups is 1. The van der Waals surface area contributed by atoms with Crippen molar-refractivity contribution in [2.45, 2.75) is 6.92 Å². The van der Waals surface area contributed by atoms with Crippen LogP contribution in [0.15, 0.2) is 0 Å². The molecule has 0 unspecified atom stereocenters. The summed E-state index contributed by atoms with van der Waals surface area (Å²) < 4.78 is 0.844. The minimum atomic E-state index is -0.361. The molecule has 0 aliphatic carbocycles. The molecule has 68 valence electrons. The highest BCUT2D eigenvalue weighted by Gasteiger charge is 2.02. The van der Waals surface area contributed by atoms with Crippen molar-refractivity contribution in [2.75, 3.05) is 34.3 Å². The van der Waals surface area contributed by atoms with E-state index in [-0.39, 0.29) is 11.8 Å². The van der Waals surface area contributed by atoms with Crippen molar-refractivity contribution in [1.29, 1.82) is 0 Å². The zero-order chi connectivity index (χ0) is 9.49. The van der Waals surface area contributed by atoms with E-state index in [1.165, 1.54) is 6.92 Å². The average molecular weight is 183 g/mol. The number of nitrogens with zero attached hydrogens (tertiary/aromatic N) is 1. The molecule has 1 N–H and O–H groups in total. The van der Waals surface area contributed by atoms with Crippen LogP contribution in [0.4, 0.5) is 0 Å². The van der Waals surface area contributed by atoms with Crippen LogP contribution in [0.2, 0.25) is 0 Å². The standard InChI is InChI=1S/C5H14NO.C2H3ClO/c1-6(2,3)4-5-7;1-2(3)4/h7H,4-5H2,1-3H3;1H3/q+1;. The Labute approximate surface area is 73.2 Å². The fourth-order valence-corrected chi connectivity index (χ4v) is 0.300. The van der Waals surface area contributed by atoms with Crippen molar-refractivity contribution in [3.05, 3.63) is 0 Å². The molecule has 0 saturated heterocycles. The number of quaternary nitrogens is 1. The van der Waals surface area contributed by atoms with E-state index >= 15 is 0 Å². The summed E-state index contributed by atoms with van der Waals surface area (Å²) in [4.78, 5) is 9.21. The Balaban J connectivity index is 0. The van der Waals surface area contributed by atoms with E-state index in [4.69, 9.17) is 5.11 Å². The molecule has 0 aromatic heterocycles. The molecular formula is C7H17ClNO2+. The van der Waals surface area contributed by atoms with E-state index in [9.17, 15) is 4.79 Å². The molecule has 0 amide bonds. The highest BCUT2D eigenvalue weighted by atomic mass is 35.5. The maximum Gasteiger partial charge on any atom is 0.218 e. The maximum atomic E-state index is 9.21. The first-order valence-corrected chi connectivity index (χ1v) is 3.75. The van der Waals surface area contributed by atoms with Gasteiger partial charge in [-0.05, 0) is 11.6 Å². The summed E-state index contributed by atoms with van der Waals surface area (Å²) in [6, 6.07) is 0. The predicted molar refractivity (Wildman–Crippen MR) is 46.5 cm³/mol. The molecule has 0 heterocycles. The van der Waals surface area contributed by atoms with E-state index in [1.807, 2.05) is 0 Å². The van der Waals surface area contributed by atoms with Crippen LogP contribution in [0.25, 0.3) is 0 Å². The molecule has 0 aliphatic rings. The summed E-state index contributed by atoms with van der Waals surface area (Å²) in [5.41, 5.74) is 0. The number of likely N-dealkylation sites (N-methyl/N-ethyl adjacent to an activating group) is 1. The Morgan fingerprint density at radius 2 is 1.73 bits per heavy atom. The molecule has 0 bridgehead atoms. The third-order valence-electron chi connectivity index (χ3n) is 0.771. The van der Waals surface area contributed by atoms with E-state index in [2.05, 4.69) is 32.7 Å². The topological polar surface area (TPSA) is 37.3 Å². The van der Waals surface area contributed by atoms with Gasteiger partial charge in [0.1, 0.15) is 6.54 Å². The van der Waals surface area contributed by atoms with Gasteiger partial charge >= 0.3 is 0 Å². The molecule has 0 rings (SSSR count). The Morgan fingerprint density at radius 1 is 1.45 bits per heavy atom. The first kappa shape index (κ1) is 13.5. The van der Waals surface area contributed by atoms with Crippen LogP contribution in [0.1, 0.15) is 6.92 Å². The van der Waals surface area contributed by atoms with Crippen molar-refractivity contribution < 1.29 is 14.4 Å². The lowest BCUT2D eigenvalue weighted by molar-refractivity contribution is -0.870. The van der Waals surface area contributed by atoms with E-state index in [0.29, 0.717) is 0 Å². The fraction of sp³-hybridized carbons (Fsp3) is 0.857. The lowest BCUT2D eigenvalue weighted by atomic mass is 10.5. The van der Waals surface area contributed by atoms with Crippen LogP contribution in [0.3, 0.4) is 0 Å². The molecular weight excluding hydrogens is 166 g/mol. The normalized spacial score (nSPS) is 10.0. The molecule has 0 aliphatic heterocycles.